The molecular weight excluding hydrogens is 372 g/mol. The monoisotopic (exact) mass is 402 g/mol. The fraction of sp³-hybridized carbons (Fsp3) is 0.333. The van der Waals surface area contributed by atoms with E-state index in [9.17, 15) is 0 Å². The van der Waals surface area contributed by atoms with Crippen molar-refractivity contribution >= 4 is 0 Å². The third-order valence-electron chi connectivity index (χ3n) is 5.76. The summed E-state index contributed by atoms with van der Waals surface area (Å²) in [4.78, 5) is 0. The molecule has 0 unspecified atom stereocenters. The Morgan fingerprint density at radius 3 is 2.27 bits per heavy atom. The first-order valence-corrected chi connectivity index (χ1v) is 10.9. The normalized spacial score (nSPS) is 18.7. The van der Waals surface area contributed by atoms with Gasteiger partial charge in [-0.05, 0) is 73.1 Å². The minimum Gasteiger partial charge on any atom is -0.497 e. The minimum absolute atomic E-state index is 0.198. The summed E-state index contributed by atoms with van der Waals surface area (Å²) in [7, 11) is 1.70. The molecule has 1 heterocycles. The van der Waals surface area contributed by atoms with Crippen molar-refractivity contribution in [3.05, 3.63) is 95.6 Å². The summed E-state index contributed by atoms with van der Waals surface area (Å²) in [5.41, 5.74) is 3.76. The molecule has 0 N–H and O–H groups in total. The van der Waals surface area contributed by atoms with Crippen molar-refractivity contribution in [2.24, 2.45) is 0 Å². The summed E-state index contributed by atoms with van der Waals surface area (Å²) in [6, 6.07) is 27.0. The molecule has 4 rings (SSSR count). The zero-order valence-electron chi connectivity index (χ0n) is 17.6. The fourth-order valence-electron chi connectivity index (χ4n) is 4.00. The Morgan fingerprint density at radius 1 is 0.800 bits per heavy atom. The number of hydrogen-bond donors (Lipinski definition) is 0. The lowest BCUT2D eigenvalue weighted by Gasteiger charge is -2.30. The second-order valence-corrected chi connectivity index (χ2v) is 7.91. The highest BCUT2D eigenvalue weighted by atomic mass is 16.5. The zero-order chi connectivity index (χ0) is 20.6. The predicted octanol–water partition coefficient (Wildman–Crippen LogP) is 6.52. The third-order valence-corrected chi connectivity index (χ3v) is 5.76. The number of aryl methyl sites for hydroxylation is 1. The predicted molar refractivity (Wildman–Crippen MR) is 120 cm³/mol. The van der Waals surface area contributed by atoms with Crippen LogP contribution in [0.2, 0.25) is 0 Å². The van der Waals surface area contributed by atoms with Crippen LogP contribution in [-0.4, -0.2) is 13.2 Å². The van der Waals surface area contributed by atoms with Crippen LogP contribution in [0.4, 0.5) is 0 Å². The van der Waals surface area contributed by atoms with Crippen molar-refractivity contribution in [3.63, 3.8) is 0 Å². The van der Waals surface area contributed by atoms with E-state index in [1.54, 1.807) is 7.11 Å². The third kappa shape index (κ3) is 5.64. The molecule has 0 spiro atoms. The summed E-state index contributed by atoms with van der Waals surface area (Å²) >= 11 is 0. The van der Waals surface area contributed by atoms with E-state index in [1.807, 2.05) is 30.3 Å². The van der Waals surface area contributed by atoms with E-state index < -0.39 is 0 Å². The maximum atomic E-state index is 6.41. The number of methoxy groups -OCH3 is 1. The van der Waals surface area contributed by atoms with E-state index >= 15 is 0 Å². The van der Waals surface area contributed by atoms with Gasteiger partial charge in [0, 0.05) is 0 Å². The van der Waals surface area contributed by atoms with E-state index in [2.05, 4.69) is 48.5 Å². The Labute approximate surface area is 179 Å². The Bertz CT molecular complexity index is 888. The minimum atomic E-state index is 0.198. The van der Waals surface area contributed by atoms with Crippen molar-refractivity contribution in [2.45, 2.75) is 50.9 Å². The molecule has 1 saturated heterocycles. The van der Waals surface area contributed by atoms with Crippen LogP contribution in [-0.2, 0) is 17.8 Å². The molecule has 0 radical (unpaired) electrons. The first-order valence-electron chi connectivity index (χ1n) is 10.9. The second kappa shape index (κ2) is 10.3. The van der Waals surface area contributed by atoms with Gasteiger partial charge in [0.2, 0.25) is 0 Å². The van der Waals surface area contributed by atoms with Crippen LogP contribution in [0.1, 0.15) is 48.5 Å². The molecule has 0 amide bonds. The molecule has 0 aliphatic carbocycles. The second-order valence-electron chi connectivity index (χ2n) is 7.91. The van der Waals surface area contributed by atoms with Gasteiger partial charge >= 0.3 is 0 Å². The van der Waals surface area contributed by atoms with Crippen molar-refractivity contribution in [1.29, 1.82) is 0 Å². The largest absolute Gasteiger partial charge is 0.497 e. The molecule has 0 aromatic heterocycles. The van der Waals surface area contributed by atoms with E-state index in [1.165, 1.54) is 23.1 Å². The van der Waals surface area contributed by atoms with E-state index in [0.717, 1.165) is 37.2 Å². The van der Waals surface area contributed by atoms with Crippen molar-refractivity contribution in [1.82, 2.24) is 0 Å². The highest BCUT2D eigenvalue weighted by molar-refractivity contribution is 5.29. The molecule has 156 valence electrons. The highest BCUT2D eigenvalue weighted by Crippen LogP contribution is 2.33. The molecule has 0 bridgehead atoms. The van der Waals surface area contributed by atoms with Crippen molar-refractivity contribution < 1.29 is 14.2 Å². The SMILES string of the molecule is COc1ccc([C@H]2CCC[C@@H](CCc3ccc(OCc4ccccc4)cc3)O2)cc1. The van der Waals surface area contributed by atoms with Crippen LogP contribution >= 0.6 is 0 Å². The quantitative estimate of drug-likeness (QED) is 0.429. The maximum Gasteiger partial charge on any atom is 0.119 e. The first kappa shape index (κ1) is 20.5. The van der Waals surface area contributed by atoms with E-state index in [-0.39, 0.29) is 6.10 Å². The van der Waals surface area contributed by atoms with Gasteiger partial charge in [0.1, 0.15) is 18.1 Å². The highest BCUT2D eigenvalue weighted by Gasteiger charge is 2.23. The molecular formula is C27H30O3. The average Bonchev–Trinajstić information content (AvgIpc) is 2.83. The fourth-order valence-corrected chi connectivity index (χ4v) is 4.00. The van der Waals surface area contributed by atoms with Gasteiger partial charge in [-0.2, -0.15) is 0 Å². The lowest BCUT2D eigenvalue weighted by Crippen LogP contribution is -2.23. The van der Waals surface area contributed by atoms with E-state index in [4.69, 9.17) is 14.2 Å². The Balaban J connectivity index is 1.25. The summed E-state index contributed by atoms with van der Waals surface area (Å²) < 4.78 is 17.6. The van der Waals surface area contributed by atoms with Gasteiger partial charge in [-0.3, -0.25) is 0 Å². The van der Waals surface area contributed by atoms with Gasteiger partial charge in [0.15, 0.2) is 0 Å². The average molecular weight is 403 g/mol. The summed E-state index contributed by atoms with van der Waals surface area (Å²) in [5.74, 6) is 1.80. The molecule has 1 fully saturated rings. The molecule has 1 aliphatic rings. The molecule has 1 aliphatic heterocycles. The van der Waals surface area contributed by atoms with Crippen molar-refractivity contribution in [2.75, 3.05) is 7.11 Å². The van der Waals surface area contributed by atoms with Gasteiger partial charge in [-0.1, -0.05) is 54.6 Å². The van der Waals surface area contributed by atoms with Crippen LogP contribution < -0.4 is 9.47 Å². The van der Waals surface area contributed by atoms with Gasteiger partial charge in [-0.25, -0.2) is 0 Å². The molecule has 3 aromatic rings. The summed E-state index contributed by atoms with van der Waals surface area (Å²) in [5, 5.41) is 0. The first-order chi connectivity index (χ1) is 14.8. The Morgan fingerprint density at radius 2 is 1.53 bits per heavy atom. The Kier molecular flexibility index (Phi) is 7.04. The Hall–Kier alpha value is -2.78. The van der Waals surface area contributed by atoms with Crippen LogP contribution in [0.3, 0.4) is 0 Å². The van der Waals surface area contributed by atoms with Crippen LogP contribution in [0.15, 0.2) is 78.9 Å². The summed E-state index contributed by atoms with van der Waals surface area (Å²) in [6.07, 6.45) is 6.05. The molecule has 0 saturated carbocycles. The number of benzene rings is 3. The standard InChI is InChI=1S/C27H30O3/c1-28-24-18-13-23(14-19-24)27-9-5-8-26(30-27)17-12-21-10-15-25(16-11-21)29-20-22-6-3-2-4-7-22/h2-4,6-7,10-11,13-16,18-19,26-27H,5,8-9,12,17,20H2,1H3/t26-,27+/m0/s1. The number of ether oxygens (including phenoxy) is 3. The lowest BCUT2D eigenvalue weighted by molar-refractivity contribution is -0.0546. The number of rotatable bonds is 8. The van der Waals surface area contributed by atoms with Gasteiger partial charge in [0.25, 0.3) is 0 Å². The topological polar surface area (TPSA) is 27.7 Å². The molecule has 2 atom stereocenters. The molecule has 30 heavy (non-hydrogen) atoms. The van der Waals surface area contributed by atoms with Crippen molar-refractivity contribution in [3.8, 4) is 11.5 Å². The zero-order valence-corrected chi connectivity index (χ0v) is 17.6. The lowest BCUT2D eigenvalue weighted by atomic mass is 9.95. The summed E-state index contributed by atoms with van der Waals surface area (Å²) in [6.45, 7) is 0.600. The van der Waals surface area contributed by atoms with Crippen LogP contribution in [0.5, 0.6) is 11.5 Å². The molecule has 3 nitrogen and oxygen atoms in total. The van der Waals surface area contributed by atoms with Crippen LogP contribution in [0, 0.1) is 0 Å². The smallest absolute Gasteiger partial charge is 0.119 e. The maximum absolute atomic E-state index is 6.41. The van der Waals surface area contributed by atoms with Gasteiger partial charge < -0.3 is 14.2 Å². The van der Waals surface area contributed by atoms with Crippen LogP contribution in [0.25, 0.3) is 0 Å². The van der Waals surface area contributed by atoms with E-state index in [0.29, 0.717) is 12.7 Å². The van der Waals surface area contributed by atoms with Gasteiger partial charge in [0.05, 0.1) is 19.3 Å². The molecule has 3 heteroatoms. The van der Waals surface area contributed by atoms with Gasteiger partial charge in [-0.15, -0.1) is 0 Å². The molecule has 3 aromatic carbocycles. The number of hydrogen-bond acceptors (Lipinski definition) is 3.